The van der Waals surface area contributed by atoms with E-state index in [9.17, 15) is 0 Å². The van der Waals surface area contributed by atoms with Crippen molar-refractivity contribution in [3.8, 4) is 0 Å². The lowest BCUT2D eigenvalue weighted by Crippen LogP contribution is -2.41. The molecule has 0 radical (unpaired) electrons. The summed E-state index contributed by atoms with van der Waals surface area (Å²) < 4.78 is 0. The highest BCUT2D eigenvalue weighted by molar-refractivity contribution is 5.79. The second kappa shape index (κ2) is 15.4. The summed E-state index contributed by atoms with van der Waals surface area (Å²) in [6.45, 7) is 13.4. The van der Waals surface area contributed by atoms with Crippen molar-refractivity contribution >= 4 is 5.96 Å². The van der Waals surface area contributed by atoms with Gasteiger partial charge in [0, 0.05) is 38.8 Å². The van der Waals surface area contributed by atoms with Gasteiger partial charge in [-0.3, -0.25) is 9.89 Å². The van der Waals surface area contributed by atoms with E-state index < -0.39 is 0 Å². The molecule has 0 aromatic rings. The van der Waals surface area contributed by atoms with Crippen molar-refractivity contribution in [1.82, 2.24) is 20.4 Å². The van der Waals surface area contributed by atoms with Gasteiger partial charge in [0.05, 0.1) is 0 Å². The van der Waals surface area contributed by atoms with Gasteiger partial charge in [0.1, 0.15) is 0 Å². The van der Waals surface area contributed by atoms with E-state index in [0.29, 0.717) is 12.1 Å². The molecule has 5 heteroatoms. The third-order valence-electron chi connectivity index (χ3n) is 4.51. The summed E-state index contributed by atoms with van der Waals surface area (Å²) >= 11 is 0. The summed E-state index contributed by atoms with van der Waals surface area (Å²) in [6.07, 6.45) is 7.65. The molecule has 0 aliphatic carbocycles. The van der Waals surface area contributed by atoms with Crippen molar-refractivity contribution in [2.75, 3.05) is 47.3 Å². The third kappa shape index (κ3) is 14.1. The van der Waals surface area contributed by atoms with Crippen LogP contribution in [0.1, 0.15) is 66.2 Å². The molecule has 0 saturated heterocycles. The Balaban J connectivity index is 3.67. The first-order valence-corrected chi connectivity index (χ1v) is 10.2. The van der Waals surface area contributed by atoms with Crippen LogP contribution in [0.4, 0.5) is 0 Å². The van der Waals surface area contributed by atoms with E-state index in [4.69, 9.17) is 0 Å². The molecule has 0 heterocycles. The van der Waals surface area contributed by atoms with E-state index in [1.807, 2.05) is 7.05 Å². The first-order chi connectivity index (χ1) is 11.9. The molecule has 0 atom stereocenters. The van der Waals surface area contributed by atoms with Crippen molar-refractivity contribution in [2.24, 2.45) is 4.99 Å². The molecule has 0 aliphatic heterocycles. The van der Waals surface area contributed by atoms with Gasteiger partial charge in [0.2, 0.25) is 0 Å². The lowest BCUT2D eigenvalue weighted by molar-refractivity contribution is 0.173. The van der Waals surface area contributed by atoms with Gasteiger partial charge in [0.15, 0.2) is 5.96 Å². The van der Waals surface area contributed by atoms with Gasteiger partial charge < -0.3 is 15.5 Å². The second-order valence-electron chi connectivity index (χ2n) is 7.78. The highest BCUT2D eigenvalue weighted by atomic mass is 15.2. The van der Waals surface area contributed by atoms with Gasteiger partial charge in [-0.15, -0.1) is 0 Å². The Labute approximate surface area is 157 Å². The van der Waals surface area contributed by atoms with E-state index in [2.05, 4.69) is 67.2 Å². The highest BCUT2D eigenvalue weighted by Crippen LogP contribution is 2.05. The Hall–Kier alpha value is -0.810. The van der Waals surface area contributed by atoms with Crippen LogP contribution in [0, 0.1) is 0 Å². The fourth-order valence-corrected chi connectivity index (χ4v) is 3.09. The Morgan fingerprint density at radius 1 is 0.760 bits per heavy atom. The molecule has 0 spiro atoms. The molecular formula is C20H45N5. The summed E-state index contributed by atoms with van der Waals surface area (Å²) in [5.74, 6) is 0.938. The van der Waals surface area contributed by atoms with Crippen LogP contribution in [0.15, 0.2) is 4.99 Å². The molecule has 0 aliphatic rings. The van der Waals surface area contributed by atoms with Crippen molar-refractivity contribution in [3.63, 3.8) is 0 Å². The fourth-order valence-electron chi connectivity index (χ4n) is 3.09. The first kappa shape index (κ1) is 24.2. The molecule has 0 saturated carbocycles. The zero-order chi connectivity index (χ0) is 19.1. The number of rotatable bonds is 14. The van der Waals surface area contributed by atoms with Crippen LogP contribution < -0.4 is 10.6 Å². The van der Waals surface area contributed by atoms with Crippen LogP contribution >= 0.6 is 0 Å². The van der Waals surface area contributed by atoms with Crippen LogP contribution in [0.5, 0.6) is 0 Å². The van der Waals surface area contributed by atoms with Gasteiger partial charge in [-0.2, -0.15) is 0 Å². The van der Waals surface area contributed by atoms with Gasteiger partial charge in [0.25, 0.3) is 0 Å². The van der Waals surface area contributed by atoms with Crippen LogP contribution in [0.2, 0.25) is 0 Å². The highest BCUT2D eigenvalue weighted by Gasteiger charge is 2.12. The molecule has 150 valence electrons. The minimum Gasteiger partial charge on any atom is -0.356 e. The molecule has 0 amide bonds. The molecule has 0 rings (SSSR count). The van der Waals surface area contributed by atoms with E-state index in [1.165, 1.54) is 38.6 Å². The number of hydrogen-bond donors (Lipinski definition) is 2. The maximum atomic E-state index is 4.32. The maximum Gasteiger partial charge on any atom is 0.190 e. The van der Waals surface area contributed by atoms with E-state index in [0.717, 1.165) is 32.0 Å². The lowest BCUT2D eigenvalue weighted by atomic mass is 10.1. The molecule has 0 aromatic carbocycles. The standard InChI is InChI=1S/C20H45N5/c1-18(2)25(19(3)4)17-13-15-23-20(21-5)22-14-11-9-8-10-12-16-24(6)7/h18-19H,8-17H2,1-7H3,(H2,21,22,23). The van der Waals surface area contributed by atoms with Gasteiger partial charge >= 0.3 is 0 Å². The van der Waals surface area contributed by atoms with Crippen LogP contribution in [0.3, 0.4) is 0 Å². The monoisotopic (exact) mass is 355 g/mol. The van der Waals surface area contributed by atoms with Crippen LogP contribution in [-0.4, -0.2) is 75.2 Å². The SMILES string of the molecule is CN=C(NCCCCCCCN(C)C)NCCCN(C(C)C)C(C)C. The summed E-state index contributed by atoms with van der Waals surface area (Å²) in [6, 6.07) is 1.21. The van der Waals surface area contributed by atoms with Crippen LogP contribution in [-0.2, 0) is 0 Å². The average molecular weight is 356 g/mol. The normalized spacial score (nSPS) is 12.7. The van der Waals surface area contributed by atoms with Crippen molar-refractivity contribution in [3.05, 3.63) is 0 Å². The molecule has 0 fully saturated rings. The molecule has 0 unspecified atom stereocenters. The summed E-state index contributed by atoms with van der Waals surface area (Å²) in [5.41, 5.74) is 0. The van der Waals surface area contributed by atoms with E-state index >= 15 is 0 Å². The predicted octanol–water partition coefficient (Wildman–Crippen LogP) is 3.17. The molecular weight excluding hydrogens is 310 g/mol. The Morgan fingerprint density at radius 3 is 1.80 bits per heavy atom. The third-order valence-corrected chi connectivity index (χ3v) is 4.51. The number of hydrogen-bond acceptors (Lipinski definition) is 3. The second-order valence-corrected chi connectivity index (χ2v) is 7.78. The number of guanidine groups is 1. The Bertz CT molecular complexity index is 318. The largest absolute Gasteiger partial charge is 0.356 e. The van der Waals surface area contributed by atoms with Crippen LogP contribution in [0.25, 0.3) is 0 Å². The topological polar surface area (TPSA) is 42.9 Å². The minimum atomic E-state index is 0.607. The molecule has 5 nitrogen and oxygen atoms in total. The quantitative estimate of drug-likeness (QED) is 0.285. The van der Waals surface area contributed by atoms with Crippen molar-refractivity contribution < 1.29 is 0 Å². The summed E-state index contributed by atoms with van der Waals surface area (Å²) in [5, 5.41) is 6.86. The molecule has 0 aromatic heterocycles. The first-order valence-electron chi connectivity index (χ1n) is 10.2. The number of nitrogens with zero attached hydrogens (tertiary/aromatic N) is 3. The smallest absolute Gasteiger partial charge is 0.190 e. The fraction of sp³-hybridized carbons (Fsp3) is 0.950. The molecule has 2 N–H and O–H groups in total. The number of nitrogens with one attached hydrogen (secondary N) is 2. The summed E-state index contributed by atoms with van der Waals surface area (Å²) in [7, 11) is 6.14. The van der Waals surface area contributed by atoms with Crippen molar-refractivity contribution in [1.29, 1.82) is 0 Å². The summed E-state index contributed by atoms with van der Waals surface area (Å²) in [4.78, 5) is 9.12. The average Bonchev–Trinajstić information content (AvgIpc) is 2.53. The molecule has 25 heavy (non-hydrogen) atoms. The van der Waals surface area contributed by atoms with Gasteiger partial charge in [-0.25, -0.2) is 0 Å². The van der Waals surface area contributed by atoms with Gasteiger partial charge in [-0.05, 0) is 67.6 Å². The zero-order valence-corrected chi connectivity index (χ0v) is 18.1. The number of unbranched alkanes of at least 4 members (excludes halogenated alkanes) is 4. The Kier molecular flexibility index (Phi) is 14.9. The minimum absolute atomic E-state index is 0.607. The molecule has 0 bridgehead atoms. The van der Waals surface area contributed by atoms with E-state index in [-0.39, 0.29) is 0 Å². The lowest BCUT2D eigenvalue weighted by Gasteiger charge is -2.30. The Morgan fingerprint density at radius 2 is 1.28 bits per heavy atom. The van der Waals surface area contributed by atoms with E-state index in [1.54, 1.807) is 0 Å². The van der Waals surface area contributed by atoms with Gasteiger partial charge in [-0.1, -0.05) is 19.3 Å². The van der Waals surface area contributed by atoms with Crippen molar-refractivity contribution in [2.45, 2.75) is 78.3 Å². The maximum absolute atomic E-state index is 4.32. The number of aliphatic imine (C=N–C) groups is 1. The predicted molar refractivity (Wildman–Crippen MR) is 113 cm³/mol. The zero-order valence-electron chi connectivity index (χ0n) is 18.1.